The molecule has 2 atom stereocenters. The highest BCUT2D eigenvalue weighted by Gasteiger charge is 2.47. The lowest BCUT2D eigenvalue weighted by Crippen LogP contribution is -2.41. The molecule has 0 amide bonds. The van der Waals surface area contributed by atoms with Crippen molar-refractivity contribution in [3.05, 3.63) is 33.9 Å². The number of rotatable bonds is 4. The third kappa shape index (κ3) is 2.62. The average molecular weight is 358 g/mol. The second-order valence-electron chi connectivity index (χ2n) is 8.19. The van der Waals surface area contributed by atoms with Gasteiger partial charge in [0.15, 0.2) is 0 Å². The van der Waals surface area contributed by atoms with Crippen LogP contribution in [0.5, 0.6) is 11.5 Å². The normalized spacial score (nSPS) is 25.0. The Morgan fingerprint density at radius 2 is 1.96 bits per heavy atom. The molecule has 0 saturated heterocycles. The van der Waals surface area contributed by atoms with Gasteiger partial charge in [-0.3, -0.25) is 0 Å². The molecule has 0 aromatic heterocycles. The summed E-state index contributed by atoms with van der Waals surface area (Å²) in [6.45, 7) is 8.62. The lowest BCUT2D eigenvalue weighted by Gasteiger charge is -2.48. The largest absolute Gasteiger partial charge is 0.496 e. The number of carboxylic acid groups (broad SMARTS) is 1. The summed E-state index contributed by atoms with van der Waals surface area (Å²) in [6.07, 6.45) is 3.27. The highest BCUT2D eigenvalue weighted by molar-refractivity contribution is 5.88. The summed E-state index contributed by atoms with van der Waals surface area (Å²) in [7, 11) is 3.48. The molecule has 0 aliphatic heterocycles. The summed E-state index contributed by atoms with van der Waals surface area (Å²) in [4.78, 5) is 11.6. The predicted octanol–water partition coefficient (Wildman–Crippen LogP) is 4.84. The lowest BCUT2D eigenvalue weighted by atomic mass is 9.56. The Labute approximate surface area is 156 Å². The van der Waals surface area contributed by atoms with Crippen molar-refractivity contribution in [3.8, 4) is 11.5 Å². The monoisotopic (exact) mass is 358 g/mol. The number of carboxylic acids is 1. The molecular formula is C22H30O4. The molecule has 1 N–H and O–H groups in total. The highest BCUT2D eigenvalue weighted by Crippen LogP contribution is 2.57. The first-order valence-corrected chi connectivity index (χ1v) is 9.47. The van der Waals surface area contributed by atoms with Gasteiger partial charge in [-0.1, -0.05) is 26.3 Å². The molecule has 1 aromatic rings. The van der Waals surface area contributed by atoms with Crippen molar-refractivity contribution < 1.29 is 19.4 Å². The van der Waals surface area contributed by atoms with Crippen LogP contribution in [0.2, 0.25) is 0 Å². The lowest BCUT2D eigenvalue weighted by molar-refractivity contribution is -0.133. The summed E-state index contributed by atoms with van der Waals surface area (Å²) in [5.41, 5.74) is 5.17. The maximum absolute atomic E-state index is 11.6. The molecule has 0 spiro atoms. The van der Waals surface area contributed by atoms with Gasteiger partial charge in [0.25, 0.3) is 0 Å². The molecular weight excluding hydrogens is 328 g/mol. The SMILES string of the molecule is COc1cc(C(C)C)c(OC)c2c1C1(C)CCC(C(=O)O)=C(C)C1CC2. The van der Waals surface area contributed by atoms with Crippen molar-refractivity contribution in [3.63, 3.8) is 0 Å². The fraction of sp³-hybridized carbons (Fsp3) is 0.591. The Kier molecular flexibility index (Phi) is 4.80. The van der Waals surface area contributed by atoms with E-state index in [4.69, 9.17) is 9.47 Å². The van der Waals surface area contributed by atoms with Crippen LogP contribution < -0.4 is 9.47 Å². The number of hydrogen-bond donors (Lipinski definition) is 1. The maximum Gasteiger partial charge on any atom is 0.331 e. The third-order valence-electron chi connectivity index (χ3n) is 6.59. The van der Waals surface area contributed by atoms with E-state index in [0.29, 0.717) is 17.9 Å². The number of aliphatic carboxylic acids is 1. The number of hydrogen-bond acceptors (Lipinski definition) is 3. The van der Waals surface area contributed by atoms with Gasteiger partial charge >= 0.3 is 5.97 Å². The van der Waals surface area contributed by atoms with Gasteiger partial charge in [-0.05, 0) is 50.5 Å². The van der Waals surface area contributed by atoms with Crippen LogP contribution in [-0.2, 0) is 16.6 Å². The molecule has 0 bridgehead atoms. The molecule has 4 heteroatoms. The second kappa shape index (κ2) is 6.64. The molecule has 0 saturated carbocycles. The van der Waals surface area contributed by atoms with Crippen LogP contribution in [0.1, 0.15) is 69.6 Å². The topological polar surface area (TPSA) is 55.8 Å². The molecule has 2 aliphatic carbocycles. The Morgan fingerprint density at radius 1 is 1.27 bits per heavy atom. The van der Waals surface area contributed by atoms with Gasteiger partial charge in [0.1, 0.15) is 11.5 Å². The van der Waals surface area contributed by atoms with Crippen LogP contribution >= 0.6 is 0 Å². The Morgan fingerprint density at radius 3 is 2.50 bits per heavy atom. The van der Waals surface area contributed by atoms with Crippen molar-refractivity contribution in [2.45, 2.75) is 64.7 Å². The van der Waals surface area contributed by atoms with Gasteiger partial charge < -0.3 is 14.6 Å². The third-order valence-corrected chi connectivity index (χ3v) is 6.59. The number of benzene rings is 1. The maximum atomic E-state index is 11.6. The molecule has 2 aliphatic rings. The molecule has 4 nitrogen and oxygen atoms in total. The van der Waals surface area contributed by atoms with Gasteiger partial charge in [-0.2, -0.15) is 0 Å². The Bertz CT molecular complexity index is 775. The van der Waals surface area contributed by atoms with E-state index in [2.05, 4.69) is 26.8 Å². The van der Waals surface area contributed by atoms with E-state index in [1.165, 1.54) is 16.7 Å². The molecule has 0 fully saturated rings. The van der Waals surface area contributed by atoms with Gasteiger partial charge in [0.05, 0.1) is 14.2 Å². The number of fused-ring (bicyclic) bond motifs is 3. The average Bonchev–Trinajstić information content (AvgIpc) is 2.59. The van der Waals surface area contributed by atoms with Crippen LogP contribution in [0.3, 0.4) is 0 Å². The van der Waals surface area contributed by atoms with Crippen molar-refractivity contribution in [2.24, 2.45) is 5.92 Å². The molecule has 142 valence electrons. The number of carbonyl (C=O) groups is 1. The van der Waals surface area contributed by atoms with Gasteiger partial charge in [-0.15, -0.1) is 0 Å². The first-order chi connectivity index (χ1) is 12.3. The number of allylic oxidation sites excluding steroid dienone is 1. The standard InChI is InChI=1S/C22H30O4/c1-12(2)16-11-18(25-5)19-15(20(16)26-6)7-8-17-13(3)14(21(23)24)9-10-22(17,19)4/h11-12,17H,7-10H2,1-6H3,(H,23,24). The first-order valence-electron chi connectivity index (χ1n) is 9.47. The minimum Gasteiger partial charge on any atom is -0.496 e. The smallest absolute Gasteiger partial charge is 0.331 e. The number of ether oxygens (including phenoxy) is 2. The van der Waals surface area contributed by atoms with Crippen molar-refractivity contribution in [1.29, 1.82) is 0 Å². The highest BCUT2D eigenvalue weighted by atomic mass is 16.5. The fourth-order valence-corrected chi connectivity index (χ4v) is 5.25. The van der Waals surface area contributed by atoms with Crippen LogP contribution in [0, 0.1) is 5.92 Å². The zero-order valence-corrected chi connectivity index (χ0v) is 16.7. The van der Waals surface area contributed by atoms with Crippen LogP contribution in [-0.4, -0.2) is 25.3 Å². The van der Waals surface area contributed by atoms with Crippen LogP contribution in [0.25, 0.3) is 0 Å². The molecule has 1 aromatic carbocycles. The zero-order valence-electron chi connectivity index (χ0n) is 16.7. The Balaban J connectivity index is 2.25. The first kappa shape index (κ1) is 18.8. The summed E-state index contributed by atoms with van der Waals surface area (Å²) in [5.74, 6) is 1.72. The van der Waals surface area contributed by atoms with Gasteiger partial charge in [-0.25, -0.2) is 4.79 Å². The summed E-state index contributed by atoms with van der Waals surface area (Å²) < 4.78 is 11.7. The van der Waals surface area contributed by atoms with Gasteiger partial charge in [0, 0.05) is 27.7 Å². The van der Waals surface area contributed by atoms with Crippen molar-refractivity contribution >= 4 is 5.97 Å². The van der Waals surface area contributed by atoms with Gasteiger partial charge in [0.2, 0.25) is 0 Å². The van der Waals surface area contributed by atoms with E-state index in [1.54, 1.807) is 14.2 Å². The minimum atomic E-state index is -0.768. The van der Waals surface area contributed by atoms with E-state index < -0.39 is 5.97 Å². The Hall–Kier alpha value is -1.97. The minimum absolute atomic E-state index is 0.120. The summed E-state index contributed by atoms with van der Waals surface area (Å²) in [5, 5.41) is 9.56. The van der Waals surface area contributed by atoms with Crippen molar-refractivity contribution in [2.75, 3.05) is 14.2 Å². The fourth-order valence-electron chi connectivity index (χ4n) is 5.25. The van der Waals surface area contributed by atoms with Crippen molar-refractivity contribution in [1.82, 2.24) is 0 Å². The molecule has 26 heavy (non-hydrogen) atoms. The van der Waals surface area contributed by atoms with Crippen LogP contribution in [0.15, 0.2) is 17.2 Å². The van der Waals surface area contributed by atoms with E-state index >= 15 is 0 Å². The summed E-state index contributed by atoms with van der Waals surface area (Å²) in [6, 6.07) is 2.13. The molecule has 0 heterocycles. The molecule has 3 rings (SSSR count). The van der Waals surface area contributed by atoms with Crippen LogP contribution in [0.4, 0.5) is 0 Å². The summed E-state index contributed by atoms with van der Waals surface area (Å²) >= 11 is 0. The predicted molar refractivity (Wildman–Crippen MR) is 102 cm³/mol. The zero-order chi connectivity index (χ0) is 19.2. The van der Waals surface area contributed by atoms with E-state index in [-0.39, 0.29) is 11.3 Å². The van der Waals surface area contributed by atoms with E-state index in [1.807, 2.05) is 6.92 Å². The molecule has 2 unspecified atom stereocenters. The number of methoxy groups -OCH3 is 2. The van der Waals surface area contributed by atoms with E-state index in [9.17, 15) is 9.90 Å². The molecule has 0 radical (unpaired) electrons. The van der Waals surface area contributed by atoms with E-state index in [0.717, 1.165) is 36.3 Å². The quantitative estimate of drug-likeness (QED) is 0.836. The second-order valence-corrected chi connectivity index (χ2v) is 8.19.